The number of aryl methyl sites for hydroxylation is 2. The van der Waals surface area contributed by atoms with E-state index < -0.39 is 0 Å². The third-order valence-corrected chi connectivity index (χ3v) is 4.56. The summed E-state index contributed by atoms with van der Waals surface area (Å²) in [4.78, 5) is 28.9. The predicted molar refractivity (Wildman–Crippen MR) is 92.3 cm³/mol. The van der Waals surface area contributed by atoms with Crippen molar-refractivity contribution in [2.24, 2.45) is 13.0 Å². The molecule has 0 unspecified atom stereocenters. The number of nitrogens with zero attached hydrogens (tertiary/aromatic N) is 3. The van der Waals surface area contributed by atoms with Gasteiger partial charge in [-0.15, -0.1) is 0 Å². The average molecular weight is 329 g/mol. The van der Waals surface area contributed by atoms with Crippen molar-refractivity contribution in [2.75, 3.05) is 24.5 Å². The van der Waals surface area contributed by atoms with Gasteiger partial charge >= 0.3 is 0 Å². The third-order valence-electron chi connectivity index (χ3n) is 4.56. The first-order valence-corrected chi connectivity index (χ1v) is 8.24. The molecular formula is C17H23N5O2. The second-order valence-electron chi connectivity index (χ2n) is 6.41. The molecule has 1 fully saturated rings. The molecule has 0 radical (unpaired) electrons. The molecule has 0 aromatic carbocycles. The fourth-order valence-electron chi connectivity index (χ4n) is 2.99. The minimum Gasteiger partial charge on any atom is -0.370 e. The zero-order chi connectivity index (χ0) is 17.1. The van der Waals surface area contributed by atoms with Crippen molar-refractivity contribution in [3.63, 3.8) is 0 Å². The summed E-state index contributed by atoms with van der Waals surface area (Å²) in [5.41, 5.74) is 2.44. The van der Waals surface area contributed by atoms with Crippen LogP contribution >= 0.6 is 0 Å². The molecular weight excluding hydrogens is 306 g/mol. The van der Waals surface area contributed by atoms with Crippen LogP contribution in [-0.2, 0) is 7.05 Å². The maximum Gasteiger partial charge on any atom is 0.268 e. The summed E-state index contributed by atoms with van der Waals surface area (Å²) in [7, 11) is 1.65. The molecule has 0 saturated carbocycles. The highest BCUT2D eigenvalue weighted by Crippen LogP contribution is 2.21. The zero-order valence-corrected chi connectivity index (χ0v) is 14.1. The number of aromatic amines is 1. The first-order valence-electron chi connectivity index (χ1n) is 8.24. The minimum atomic E-state index is -0.0943. The molecule has 0 atom stereocenters. The zero-order valence-electron chi connectivity index (χ0n) is 14.1. The molecule has 2 N–H and O–H groups in total. The predicted octanol–water partition coefficient (Wildman–Crippen LogP) is 1.06. The van der Waals surface area contributed by atoms with Gasteiger partial charge in [-0.05, 0) is 37.3 Å². The summed E-state index contributed by atoms with van der Waals surface area (Å²) in [5, 5.41) is 7.07. The van der Waals surface area contributed by atoms with Gasteiger partial charge in [-0.2, -0.15) is 5.10 Å². The van der Waals surface area contributed by atoms with Gasteiger partial charge < -0.3 is 15.2 Å². The Balaban J connectivity index is 1.49. The summed E-state index contributed by atoms with van der Waals surface area (Å²) >= 11 is 0. The van der Waals surface area contributed by atoms with E-state index in [-0.39, 0.29) is 11.5 Å². The fraction of sp³-hybridized carbons (Fsp3) is 0.471. The molecule has 0 aliphatic carbocycles. The fourth-order valence-corrected chi connectivity index (χ4v) is 2.99. The van der Waals surface area contributed by atoms with Crippen molar-refractivity contribution in [3.8, 4) is 0 Å². The highest BCUT2D eigenvalue weighted by molar-refractivity contribution is 5.92. The van der Waals surface area contributed by atoms with Crippen LogP contribution in [0.25, 0.3) is 0 Å². The third kappa shape index (κ3) is 3.67. The van der Waals surface area contributed by atoms with Crippen LogP contribution in [0.1, 0.15) is 28.9 Å². The summed E-state index contributed by atoms with van der Waals surface area (Å²) in [6.07, 6.45) is 5.53. The van der Waals surface area contributed by atoms with Crippen LogP contribution in [0.4, 0.5) is 5.69 Å². The van der Waals surface area contributed by atoms with E-state index in [0.29, 0.717) is 18.2 Å². The Morgan fingerprint density at radius 2 is 2.12 bits per heavy atom. The number of amides is 1. The summed E-state index contributed by atoms with van der Waals surface area (Å²) in [6.45, 7) is 4.38. The van der Waals surface area contributed by atoms with Crippen molar-refractivity contribution in [2.45, 2.75) is 19.8 Å². The first kappa shape index (κ1) is 16.3. The molecule has 0 spiro atoms. The van der Waals surface area contributed by atoms with Crippen LogP contribution in [-0.4, -0.2) is 40.3 Å². The number of carbonyl (C=O) groups excluding carboxylic acids is 1. The average Bonchev–Trinajstić information content (AvgIpc) is 3.02. The highest BCUT2D eigenvalue weighted by Gasteiger charge is 2.21. The molecule has 0 bridgehead atoms. The standard InChI is InChI=1S/C17H23N5O2/c1-12-7-15(18-9-12)17(24)19-10-13-3-5-22(6-4-13)14-8-16(23)21(2)20-11-14/h7-9,11,13,18H,3-6,10H2,1-2H3,(H,19,24). The van der Waals surface area contributed by atoms with E-state index in [1.165, 1.54) is 4.68 Å². The van der Waals surface area contributed by atoms with Crippen LogP contribution in [0, 0.1) is 12.8 Å². The monoisotopic (exact) mass is 329 g/mol. The number of carbonyl (C=O) groups is 1. The topological polar surface area (TPSA) is 83.0 Å². The van der Waals surface area contributed by atoms with Crippen LogP contribution < -0.4 is 15.8 Å². The van der Waals surface area contributed by atoms with Gasteiger partial charge in [-0.1, -0.05) is 0 Å². The molecule has 2 aromatic rings. The van der Waals surface area contributed by atoms with E-state index in [0.717, 1.165) is 37.2 Å². The summed E-state index contributed by atoms with van der Waals surface area (Å²) in [5.74, 6) is 0.405. The van der Waals surface area contributed by atoms with Gasteiger partial charge in [0, 0.05) is 38.9 Å². The Morgan fingerprint density at radius 1 is 1.38 bits per heavy atom. The summed E-state index contributed by atoms with van der Waals surface area (Å²) < 4.78 is 1.33. The SMILES string of the molecule is Cc1c[nH]c(C(=O)NCC2CCN(c3cnn(C)c(=O)c3)CC2)c1. The number of nitrogens with one attached hydrogen (secondary N) is 2. The van der Waals surface area contributed by atoms with Crippen molar-refractivity contribution in [3.05, 3.63) is 46.1 Å². The molecule has 24 heavy (non-hydrogen) atoms. The molecule has 1 amide bonds. The van der Waals surface area contributed by atoms with Crippen molar-refractivity contribution in [1.82, 2.24) is 20.1 Å². The first-order chi connectivity index (χ1) is 11.5. The molecule has 2 aromatic heterocycles. The Hall–Kier alpha value is -2.57. The van der Waals surface area contributed by atoms with Gasteiger partial charge in [0.1, 0.15) is 5.69 Å². The highest BCUT2D eigenvalue weighted by atomic mass is 16.2. The summed E-state index contributed by atoms with van der Waals surface area (Å²) in [6, 6.07) is 3.48. The molecule has 128 valence electrons. The van der Waals surface area contributed by atoms with E-state index in [1.54, 1.807) is 19.3 Å². The number of piperidine rings is 1. The second kappa shape index (κ2) is 6.90. The number of anilines is 1. The van der Waals surface area contributed by atoms with E-state index >= 15 is 0 Å². The second-order valence-corrected chi connectivity index (χ2v) is 6.41. The van der Waals surface area contributed by atoms with Gasteiger partial charge in [0.2, 0.25) is 0 Å². The van der Waals surface area contributed by atoms with Gasteiger partial charge in [0.15, 0.2) is 0 Å². The minimum absolute atomic E-state index is 0.0544. The smallest absolute Gasteiger partial charge is 0.268 e. The number of hydrogen-bond acceptors (Lipinski definition) is 4. The maximum absolute atomic E-state index is 12.1. The van der Waals surface area contributed by atoms with Crippen molar-refractivity contribution in [1.29, 1.82) is 0 Å². The molecule has 3 rings (SSSR count). The Morgan fingerprint density at radius 3 is 2.75 bits per heavy atom. The van der Waals surface area contributed by atoms with E-state index in [9.17, 15) is 9.59 Å². The Kier molecular flexibility index (Phi) is 4.69. The maximum atomic E-state index is 12.1. The molecule has 7 nitrogen and oxygen atoms in total. The molecule has 7 heteroatoms. The van der Waals surface area contributed by atoms with E-state index in [2.05, 4.69) is 20.3 Å². The van der Waals surface area contributed by atoms with Crippen LogP contribution in [0.3, 0.4) is 0 Å². The molecule has 1 aliphatic heterocycles. The molecule has 3 heterocycles. The lowest BCUT2D eigenvalue weighted by atomic mass is 9.96. The normalized spacial score (nSPS) is 15.5. The number of rotatable bonds is 4. The van der Waals surface area contributed by atoms with Crippen LogP contribution in [0.2, 0.25) is 0 Å². The lowest BCUT2D eigenvalue weighted by Crippen LogP contribution is -2.39. The van der Waals surface area contributed by atoms with Gasteiger partial charge in [0.25, 0.3) is 11.5 Å². The Bertz CT molecular complexity index is 771. The molecule has 1 aliphatic rings. The lowest BCUT2D eigenvalue weighted by Gasteiger charge is -2.33. The van der Waals surface area contributed by atoms with E-state index in [1.807, 2.05) is 19.2 Å². The van der Waals surface area contributed by atoms with Gasteiger partial charge in [-0.25, -0.2) is 4.68 Å². The van der Waals surface area contributed by atoms with Gasteiger partial charge in [0.05, 0.1) is 11.9 Å². The number of hydrogen-bond donors (Lipinski definition) is 2. The lowest BCUT2D eigenvalue weighted by molar-refractivity contribution is 0.0940. The quantitative estimate of drug-likeness (QED) is 0.879. The van der Waals surface area contributed by atoms with Crippen LogP contribution in [0.15, 0.2) is 29.3 Å². The number of aromatic nitrogens is 3. The van der Waals surface area contributed by atoms with Crippen molar-refractivity contribution >= 4 is 11.6 Å². The Labute approximate surface area is 140 Å². The van der Waals surface area contributed by atoms with Gasteiger partial charge in [-0.3, -0.25) is 9.59 Å². The number of H-pyrrole nitrogens is 1. The van der Waals surface area contributed by atoms with Crippen LogP contribution in [0.5, 0.6) is 0 Å². The van der Waals surface area contributed by atoms with E-state index in [4.69, 9.17) is 0 Å². The molecule has 1 saturated heterocycles. The largest absolute Gasteiger partial charge is 0.370 e. The van der Waals surface area contributed by atoms with Crippen molar-refractivity contribution < 1.29 is 4.79 Å².